The summed E-state index contributed by atoms with van der Waals surface area (Å²) < 4.78 is 21.2. The van der Waals surface area contributed by atoms with Crippen molar-refractivity contribution < 1.29 is 18.5 Å². The van der Waals surface area contributed by atoms with Gasteiger partial charge in [-0.3, -0.25) is 0 Å². The van der Waals surface area contributed by atoms with Crippen molar-refractivity contribution in [1.29, 1.82) is 0 Å². The molecule has 1 heterocycles. The van der Waals surface area contributed by atoms with Gasteiger partial charge in [0.05, 0.1) is 12.7 Å². The van der Waals surface area contributed by atoms with E-state index in [1.807, 2.05) is 0 Å². The van der Waals surface area contributed by atoms with Crippen LogP contribution in [0.1, 0.15) is 10.4 Å². The van der Waals surface area contributed by atoms with Crippen LogP contribution >= 0.6 is 0 Å². The molecule has 16 heavy (non-hydrogen) atoms. The number of rotatable bonds is 2. The van der Waals surface area contributed by atoms with Crippen LogP contribution < -0.4 is 0 Å². The van der Waals surface area contributed by atoms with E-state index in [1.165, 1.54) is 7.11 Å². The number of carbonyl (C=O) groups is 1. The van der Waals surface area contributed by atoms with Crippen LogP contribution in [0.5, 0.6) is 0 Å². The second kappa shape index (κ2) is 4.19. The van der Waals surface area contributed by atoms with Gasteiger partial charge in [0.25, 0.3) is 0 Å². The van der Waals surface area contributed by atoms with Gasteiger partial charge in [0, 0.05) is 22.6 Å². The maximum atomic E-state index is 11.3. The Kier molecular flexibility index (Phi) is 2.89. The lowest BCUT2D eigenvalue weighted by molar-refractivity contribution is 0.0601. The van der Waals surface area contributed by atoms with Gasteiger partial charge in [-0.05, 0) is 12.1 Å². The number of hydrogen-bond donors (Lipinski definition) is 0. The zero-order chi connectivity index (χ0) is 11.7. The molecule has 2 rings (SSSR count). The van der Waals surface area contributed by atoms with Crippen LogP contribution in [0.15, 0.2) is 33.8 Å². The first-order valence-corrected chi connectivity index (χ1v) is 6.13. The standard InChI is InChI=1S/C11H10O4S/c1-14-11(12)8-4-3-7-6-10(16(2)13)15-9(7)5-8/h3-6H,1-2H3. The SMILES string of the molecule is COC(=O)c1ccc2cc([S+](C)[O-])oc2c1. The first-order chi connectivity index (χ1) is 7.61. The average Bonchev–Trinajstić information content (AvgIpc) is 2.70. The lowest BCUT2D eigenvalue weighted by Gasteiger charge is -1.97. The van der Waals surface area contributed by atoms with E-state index in [0.717, 1.165) is 5.39 Å². The Morgan fingerprint density at radius 2 is 2.19 bits per heavy atom. The van der Waals surface area contributed by atoms with Crippen LogP contribution in [0.4, 0.5) is 0 Å². The summed E-state index contributed by atoms with van der Waals surface area (Å²) in [5.41, 5.74) is 0.950. The second-order valence-corrected chi connectivity index (χ2v) is 4.57. The highest BCUT2D eigenvalue weighted by molar-refractivity contribution is 7.90. The molecule has 0 N–H and O–H groups in total. The number of methoxy groups -OCH3 is 1. The molecule has 1 unspecified atom stereocenters. The van der Waals surface area contributed by atoms with Gasteiger partial charge in [-0.25, -0.2) is 4.79 Å². The van der Waals surface area contributed by atoms with Gasteiger partial charge in [-0.1, -0.05) is 6.07 Å². The van der Waals surface area contributed by atoms with Crippen LogP contribution in [0.3, 0.4) is 0 Å². The van der Waals surface area contributed by atoms with E-state index in [4.69, 9.17) is 4.42 Å². The van der Waals surface area contributed by atoms with Crippen molar-refractivity contribution in [2.24, 2.45) is 0 Å². The molecule has 1 aromatic carbocycles. The smallest absolute Gasteiger partial charge is 0.337 e. The molecule has 0 radical (unpaired) electrons. The summed E-state index contributed by atoms with van der Waals surface area (Å²) in [5.74, 6) is -0.419. The highest BCUT2D eigenvalue weighted by Gasteiger charge is 2.14. The van der Waals surface area contributed by atoms with Crippen molar-refractivity contribution in [2.45, 2.75) is 5.09 Å². The Labute approximate surface area is 95.4 Å². The molecule has 2 aromatic rings. The molecule has 1 aromatic heterocycles. The predicted octanol–water partition coefficient (Wildman–Crippen LogP) is 1.96. The van der Waals surface area contributed by atoms with E-state index in [2.05, 4.69) is 4.74 Å². The van der Waals surface area contributed by atoms with Gasteiger partial charge in [0.2, 0.25) is 0 Å². The summed E-state index contributed by atoms with van der Waals surface area (Å²) in [6, 6.07) is 6.66. The van der Waals surface area contributed by atoms with E-state index >= 15 is 0 Å². The fraction of sp³-hybridized carbons (Fsp3) is 0.182. The molecule has 0 amide bonds. The largest absolute Gasteiger partial charge is 0.609 e. The van der Waals surface area contributed by atoms with E-state index in [9.17, 15) is 9.35 Å². The molecule has 84 valence electrons. The average molecular weight is 238 g/mol. The number of benzene rings is 1. The first-order valence-electron chi connectivity index (χ1n) is 4.57. The van der Waals surface area contributed by atoms with Gasteiger partial charge >= 0.3 is 11.1 Å². The number of carbonyl (C=O) groups excluding carboxylic acids is 1. The van der Waals surface area contributed by atoms with Crippen LogP contribution in [0.25, 0.3) is 11.0 Å². The quantitative estimate of drug-likeness (QED) is 0.592. The van der Waals surface area contributed by atoms with Crippen molar-refractivity contribution >= 4 is 28.1 Å². The maximum absolute atomic E-state index is 11.3. The Balaban J connectivity index is 2.49. The summed E-state index contributed by atoms with van der Waals surface area (Å²) in [6.07, 6.45) is 1.54. The molecule has 0 aliphatic carbocycles. The van der Waals surface area contributed by atoms with Gasteiger partial charge in [-0.15, -0.1) is 0 Å². The fourth-order valence-electron chi connectivity index (χ4n) is 1.39. The van der Waals surface area contributed by atoms with Crippen LogP contribution in [0, 0.1) is 0 Å². The molecule has 0 aliphatic heterocycles. The Hall–Kier alpha value is -1.46. The zero-order valence-electron chi connectivity index (χ0n) is 8.85. The third-order valence-corrected chi connectivity index (χ3v) is 2.97. The molecular weight excluding hydrogens is 228 g/mol. The molecule has 1 atom stereocenters. The molecule has 0 bridgehead atoms. The highest BCUT2D eigenvalue weighted by Crippen LogP contribution is 2.23. The minimum atomic E-state index is -1.16. The van der Waals surface area contributed by atoms with Gasteiger partial charge in [0.15, 0.2) is 0 Å². The predicted molar refractivity (Wildman–Crippen MR) is 59.9 cm³/mol. The lowest BCUT2D eigenvalue weighted by atomic mass is 10.2. The van der Waals surface area contributed by atoms with Crippen molar-refractivity contribution in [3.63, 3.8) is 0 Å². The second-order valence-electron chi connectivity index (χ2n) is 3.26. The fourth-order valence-corrected chi connectivity index (χ4v) is 1.89. The Morgan fingerprint density at radius 3 is 2.81 bits per heavy atom. The molecule has 0 spiro atoms. The zero-order valence-corrected chi connectivity index (χ0v) is 9.67. The number of fused-ring (bicyclic) bond motifs is 1. The maximum Gasteiger partial charge on any atom is 0.337 e. The lowest BCUT2D eigenvalue weighted by Crippen LogP contribution is -1.99. The molecule has 5 heteroatoms. The van der Waals surface area contributed by atoms with E-state index < -0.39 is 17.1 Å². The summed E-state index contributed by atoms with van der Waals surface area (Å²) >= 11 is -1.16. The molecule has 0 saturated heterocycles. The number of esters is 1. The van der Waals surface area contributed by atoms with Crippen molar-refractivity contribution in [3.05, 3.63) is 29.8 Å². The third-order valence-electron chi connectivity index (χ3n) is 2.20. The summed E-state index contributed by atoms with van der Waals surface area (Å²) in [6.45, 7) is 0. The Morgan fingerprint density at radius 1 is 1.44 bits per heavy atom. The molecule has 0 saturated carbocycles. The van der Waals surface area contributed by atoms with E-state index in [1.54, 1.807) is 30.5 Å². The van der Waals surface area contributed by atoms with E-state index in [-0.39, 0.29) is 0 Å². The number of furan rings is 1. The van der Waals surface area contributed by atoms with Crippen molar-refractivity contribution in [1.82, 2.24) is 0 Å². The minimum Gasteiger partial charge on any atom is -0.609 e. The van der Waals surface area contributed by atoms with Crippen LogP contribution in [0.2, 0.25) is 0 Å². The normalized spacial score (nSPS) is 12.7. The van der Waals surface area contributed by atoms with Crippen LogP contribution in [-0.2, 0) is 15.9 Å². The van der Waals surface area contributed by atoms with Gasteiger partial charge < -0.3 is 13.7 Å². The van der Waals surface area contributed by atoms with Crippen LogP contribution in [-0.4, -0.2) is 23.9 Å². The highest BCUT2D eigenvalue weighted by atomic mass is 32.2. The topological polar surface area (TPSA) is 62.5 Å². The number of hydrogen-bond acceptors (Lipinski definition) is 4. The Bertz CT molecular complexity index is 530. The third kappa shape index (κ3) is 1.91. The first kappa shape index (κ1) is 11.0. The molecule has 0 aliphatic rings. The summed E-state index contributed by atoms with van der Waals surface area (Å²) in [7, 11) is 1.32. The monoisotopic (exact) mass is 238 g/mol. The summed E-state index contributed by atoms with van der Waals surface area (Å²) in [4.78, 5) is 11.3. The molecule has 4 nitrogen and oxygen atoms in total. The van der Waals surface area contributed by atoms with Crippen molar-refractivity contribution in [3.8, 4) is 0 Å². The van der Waals surface area contributed by atoms with Crippen molar-refractivity contribution in [2.75, 3.05) is 13.4 Å². The van der Waals surface area contributed by atoms with Gasteiger partial charge in [-0.2, -0.15) is 0 Å². The molecular formula is C11H10O4S. The van der Waals surface area contributed by atoms with Gasteiger partial charge in [0.1, 0.15) is 11.8 Å². The molecule has 0 fully saturated rings. The van der Waals surface area contributed by atoms with E-state index in [0.29, 0.717) is 16.2 Å². The summed E-state index contributed by atoms with van der Waals surface area (Å²) in [5, 5.41) is 1.22. The minimum absolute atomic E-state index is 0.400. The number of ether oxygens (including phenoxy) is 1.